The highest BCUT2D eigenvalue weighted by molar-refractivity contribution is 5.93. The second-order valence-corrected chi connectivity index (χ2v) is 7.63. The topological polar surface area (TPSA) is 68.7 Å². The number of nitrogens with zero attached hydrogens (tertiary/aromatic N) is 2. The summed E-state index contributed by atoms with van der Waals surface area (Å²) in [6.07, 6.45) is 11.7. The van der Waals surface area contributed by atoms with Crippen LogP contribution in [0.4, 0.5) is 0 Å². The van der Waals surface area contributed by atoms with Gasteiger partial charge in [0.15, 0.2) is 11.5 Å². The fourth-order valence-electron chi connectivity index (χ4n) is 3.49. The van der Waals surface area contributed by atoms with Crippen molar-refractivity contribution in [1.29, 1.82) is 0 Å². The normalized spacial score (nSPS) is 12.6. The molecular formula is C28H22N2O4. The summed E-state index contributed by atoms with van der Waals surface area (Å²) in [4.78, 5) is 19.5. The van der Waals surface area contributed by atoms with E-state index in [1.807, 2.05) is 108 Å². The molecule has 0 atom stereocenters. The summed E-state index contributed by atoms with van der Waals surface area (Å²) in [6, 6.07) is 22.5. The van der Waals surface area contributed by atoms with Gasteiger partial charge in [-0.2, -0.15) is 0 Å². The molecule has 0 N–H and O–H groups in total. The van der Waals surface area contributed by atoms with Crippen LogP contribution in [0, 0.1) is 0 Å². The van der Waals surface area contributed by atoms with Crippen LogP contribution >= 0.6 is 0 Å². The molecule has 168 valence electrons. The zero-order valence-electron chi connectivity index (χ0n) is 18.3. The van der Waals surface area contributed by atoms with E-state index in [4.69, 9.17) is 13.6 Å². The van der Waals surface area contributed by atoms with Gasteiger partial charge < -0.3 is 18.5 Å². The van der Waals surface area contributed by atoms with Crippen molar-refractivity contribution in [3.63, 3.8) is 0 Å². The van der Waals surface area contributed by atoms with Crippen LogP contribution in [0.15, 0.2) is 118 Å². The molecule has 6 nitrogen and oxygen atoms in total. The number of furan rings is 1. The molecule has 0 saturated carbocycles. The third-order valence-electron chi connectivity index (χ3n) is 5.17. The van der Waals surface area contributed by atoms with Gasteiger partial charge in [-0.25, -0.2) is 9.78 Å². The molecule has 3 heterocycles. The van der Waals surface area contributed by atoms with E-state index in [0.29, 0.717) is 24.0 Å². The van der Waals surface area contributed by atoms with Gasteiger partial charge in [0.05, 0.1) is 6.54 Å². The van der Waals surface area contributed by atoms with Crippen LogP contribution in [0.3, 0.4) is 0 Å². The number of aromatic nitrogens is 1. The molecule has 0 unspecified atom stereocenters. The summed E-state index contributed by atoms with van der Waals surface area (Å²) in [5.41, 5.74) is 1.72. The number of oxazole rings is 1. The molecule has 0 radical (unpaired) electrons. The van der Waals surface area contributed by atoms with E-state index in [0.717, 1.165) is 11.1 Å². The number of hydrogen-bond donors (Lipinski definition) is 0. The summed E-state index contributed by atoms with van der Waals surface area (Å²) in [7, 11) is 0. The molecule has 2 aromatic carbocycles. The molecule has 1 aliphatic rings. The van der Waals surface area contributed by atoms with Crippen LogP contribution in [0.5, 0.6) is 0 Å². The fraction of sp³-hybridized carbons (Fsp3) is 0.0714. The van der Waals surface area contributed by atoms with Crippen LogP contribution in [0.25, 0.3) is 23.0 Å². The number of rotatable bonds is 7. The Morgan fingerprint density at radius 2 is 1.53 bits per heavy atom. The average Bonchev–Trinajstić information content (AvgIpc) is 3.45. The zero-order valence-corrected chi connectivity index (χ0v) is 18.3. The first-order valence-corrected chi connectivity index (χ1v) is 10.9. The predicted octanol–water partition coefficient (Wildman–Crippen LogP) is 6.36. The molecule has 5 rings (SSSR count). The number of allylic oxidation sites excluding steroid dienone is 4. The van der Waals surface area contributed by atoms with Gasteiger partial charge in [0.25, 0.3) is 0 Å². The zero-order chi connectivity index (χ0) is 23.2. The molecule has 0 amide bonds. The second kappa shape index (κ2) is 9.92. The highest BCUT2D eigenvalue weighted by atomic mass is 16.5. The van der Waals surface area contributed by atoms with Gasteiger partial charge >= 0.3 is 5.97 Å². The van der Waals surface area contributed by atoms with Crippen molar-refractivity contribution in [1.82, 2.24) is 9.88 Å². The van der Waals surface area contributed by atoms with E-state index >= 15 is 0 Å². The van der Waals surface area contributed by atoms with Crippen LogP contribution in [0.1, 0.15) is 21.8 Å². The van der Waals surface area contributed by atoms with Gasteiger partial charge in [-0.05, 0) is 42.0 Å². The van der Waals surface area contributed by atoms with Crippen molar-refractivity contribution in [3.05, 3.63) is 127 Å². The quantitative estimate of drug-likeness (QED) is 0.305. The maximum atomic E-state index is 13.0. The van der Waals surface area contributed by atoms with Crippen molar-refractivity contribution in [2.24, 2.45) is 0 Å². The first kappa shape index (κ1) is 21.3. The van der Waals surface area contributed by atoms with E-state index in [-0.39, 0.29) is 18.1 Å². The lowest BCUT2D eigenvalue weighted by atomic mass is 10.2. The summed E-state index contributed by atoms with van der Waals surface area (Å²) >= 11 is 0. The van der Waals surface area contributed by atoms with Gasteiger partial charge in [0, 0.05) is 18.0 Å². The molecular weight excluding hydrogens is 428 g/mol. The van der Waals surface area contributed by atoms with Gasteiger partial charge in [-0.1, -0.05) is 60.7 Å². The Hall–Kier alpha value is -4.58. The predicted molar refractivity (Wildman–Crippen MR) is 128 cm³/mol. The molecule has 2 aromatic heterocycles. The SMILES string of the molecule is O=C(OCc1ccccc1)c1nc(-c2ccccc2)oc1-c1ccc(CN2C=CC=CC=C2)o1. The highest BCUT2D eigenvalue weighted by Gasteiger charge is 2.26. The first-order valence-electron chi connectivity index (χ1n) is 10.9. The maximum Gasteiger partial charge on any atom is 0.361 e. The number of ether oxygens (including phenoxy) is 1. The van der Waals surface area contributed by atoms with Gasteiger partial charge in [-0.15, -0.1) is 0 Å². The van der Waals surface area contributed by atoms with E-state index in [9.17, 15) is 4.79 Å². The molecule has 0 spiro atoms. The maximum absolute atomic E-state index is 13.0. The Labute approximate surface area is 197 Å². The van der Waals surface area contributed by atoms with Crippen molar-refractivity contribution >= 4 is 5.97 Å². The van der Waals surface area contributed by atoms with Crippen molar-refractivity contribution < 1.29 is 18.4 Å². The first-order chi connectivity index (χ1) is 16.8. The monoisotopic (exact) mass is 450 g/mol. The molecule has 0 bridgehead atoms. The number of esters is 1. The molecule has 34 heavy (non-hydrogen) atoms. The Morgan fingerprint density at radius 3 is 2.26 bits per heavy atom. The van der Waals surface area contributed by atoms with Crippen molar-refractivity contribution in [2.45, 2.75) is 13.2 Å². The van der Waals surface area contributed by atoms with Crippen LogP contribution in [-0.4, -0.2) is 15.9 Å². The molecule has 0 saturated heterocycles. The molecule has 6 heteroatoms. The highest BCUT2D eigenvalue weighted by Crippen LogP contribution is 2.32. The molecule has 1 aliphatic heterocycles. The summed E-state index contributed by atoms with van der Waals surface area (Å²) < 4.78 is 17.6. The minimum Gasteiger partial charge on any atom is -0.456 e. The second-order valence-electron chi connectivity index (χ2n) is 7.63. The van der Waals surface area contributed by atoms with Crippen LogP contribution in [-0.2, 0) is 17.9 Å². The van der Waals surface area contributed by atoms with Crippen LogP contribution < -0.4 is 0 Å². The third-order valence-corrected chi connectivity index (χ3v) is 5.17. The van der Waals surface area contributed by atoms with Crippen molar-refractivity contribution in [2.75, 3.05) is 0 Å². The third kappa shape index (κ3) is 4.91. The summed E-state index contributed by atoms with van der Waals surface area (Å²) in [5.74, 6) is 1.12. The largest absolute Gasteiger partial charge is 0.456 e. The van der Waals surface area contributed by atoms with E-state index in [1.54, 1.807) is 6.07 Å². The van der Waals surface area contributed by atoms with E-state index in [2.05, 4.69) is 4.98 Å². The Balaban J connectivity index is 1.43. The molecule has 0 aliphatic carbocycles. The van der Waals surface area contributed by atoms with Gasteiger partial charge in [-0.3, -0.25) is 0 Å². The summed E-state index contributed by atoms with van der Waals surface area (Å²) in [6.45, 7) is 0.667. The standard InChI is InChI=1S/C28H22N2O4/c31-28(32-20-21-11-5-3-6-12-21)25-26(34-27(29-25)22-13-7-4-8-14-22)24-16-15-23(33-24)19-30-17-9-1-2-10-18-30/h1-18H,19-20H2. The minimum atomic E-state index is -0.577. The Bertz CT molecular complexity index is 1330. The smallest absolute Gasteiger partial charge is 0.361 e. The van der Waals surface area contributed by atoms with Gasteiger partial charge in [0.2, 0.25) is 11.7 Å². The number of carbonyl (C=O) groups excluding carboxylic acids is 1. The number of hydrogen-bond acceptors (Lipinski definition) is 6. The van der Waals surface area contributed by atoms with E-state index in [1.165, 1.54) is 0 Å². The number of benzene rings is 2. The summed E-state index contributed by atoms with van der Waals surface area (Å²) in [5, 5.41) is 0. The molecule has 4 aromatic rings. The van der Waals surface area contributed by atoms with Crippen LogP contribution in [0.2, 0.25) is 0 Å². The molecule has 0 fully saturated rings. The lowest BCUT2D eigenvalue weighted by Gasteiger charge is -2.12. The van der Waals surface area contributed by atoms with E-state index < -0.39 is 5.97 Å². The van der Waals surface area contributed by atoms with Crippen molar-refractivity contribution in [3.8, 4) is 23.0 Å². The number of carbonyl (C=O) groups is 1. The Morgan fingerprint density at radius 1 is 0.824 bits per heavy atom. The lowest BCUT2D eigenvalue weighted by Crippen LogP contribution is -2.07. The average molecular weight is 450 g/mol. The minimum absolute atomic E-state index is 0.0782. The lowest BCUT2D eigenvalue weighted by molar-refractivity contribution is 0.0466. The fourth-order valence-corrected chi connectivity index (χ4v) is 3.49. The Kier molecular flexibility index (Phi) is 6.21. The van der Waals surface area contributed by atoms with Gasteiger partial charge in [0.1, 0.15) is 12.4 Å².